The van der Waals surface area contributed by atoms with Crippen molar-refractivity contribution in [1.82, 2.24) is 4.98 Å². The van der Waals surface area contributed by atoms with Gasteiger partial charge in [0.25, 0.3) is 0 Å². The number of aromatic nitrogens is 1. The Kier molecular flexibility index (Phi) is 3.86. The van der Waals surface area contributed by atoms with E-state index in [-0.39, 0.29) is 0 Å². The van der Waals surface area contributed by atoms with Gasteiger partial charge in [-0.05, 0) is 36.1 Å². The van der Waals surface area contributed by atoms with Crippen LogP contribution < -0.4 is 4.90 Å². The fourth-order valence-corrected chi connectivity index (χ4v) is 3.17. The van der Waals surface area contributed by atoms with Gasteiger partial charge in [-0.15, -0.1) is 11.6 Å². The summed E-state index contributed by atoms with van der Waals surface area (Å²) in [6, 6.07) is 12.3. The highest BCUT2D eigenvalue weighted by Gasteiger charge is 2.23. The number of nitrogens with zero attached hydrogens (tertiary/aromatic N) is 2. The van der Waals surface area contributed by atoms with E-state index in [0.717, 1.165) is 24.5 Å². The van der Waals surface area contributed by atoms with E-state index in [0.29, 0.717) is 16.8 Å². The second-order valence-electron chi connectivity index (χ2n) is 5.28. The summed E-state index contributed by atoms with van der Waals surface area (Å²) in [6.45, 7) is 3.23. The van der Waals surface area contributed by atoms with E-state index in [1.807, 2.05) is 12.1 Å². The van der Waals surface area contributed by atoms with Crippen molar-refractivity contribution in [3.8, 4) is 0 Å². The number of hydrogen-bond acceptors (Lipinski definition) is 2. The van der Waals surface area contributed by atoms with Gasteiger partial charge in [0.1, 0.15) is 5.82 Å². The monoisotopic (exact) mass is 306 g/mol. The molecule has 2 aromatic rings. The van der Waals surface area contributed by atoms with Crippen LogP contribution in [0.3, 0.4) is 0 Å². The average Bonchev–Trinajstić information content (AvgIpc) is 2.47. The molecule has 104 valence electrons. The molecular weight excluding hydrogens is 291 g/mol. The zero-order valence-electron chi connectivity index (χ0n) is 11.3. The highest BCUT2D eigenvalue weighted by Crippen LogP contribution is 2.35. The van der Waals surface area contributed by atoms with Crippen molar-refractivity contribution < 1.29 is 0 Å². The van der Waals surface area contributed by atoms with E-state index in [1.165, 1.54) is 11.3 Å². The third-order valence-electron chi connectivity index (χ3n) is 3.65. The summed E-state index contributed by atoms with van der Waals surface area (Å²) in [4.78, 5) is 6.87. The number of rotatable bonds is 2. The second-order valence-corrected chi connectivity index (χ2v) is 5.95. The fourth-order valence-electron chi connectivity index (χ4n) is 2.73. The van der Waals surface area contributed by atoms with Crippen molar-refractivity contribution in [1.29, 1.82) is 0 Å². The van der Waals surface area contributed by atoms with E-state index in [4.69, 9.17) is 23.2 Å². The van der Waals surface area contributed by atoms with Gasteiger partial charge in [0.15, 0.2) is 0 Å². The van der Waals surface area contributed by atoms with Gasteiger partial charge in [-0.2, -0.15) is 0 Å². The van der Waals surface area contributed by atoms with Crippen LogP contribution in [0, 0.1) is 5.92 Å². The maximum atomic E-state index is 6.10. The molecule has 0 aliphatic carbocycles. The number of para-hydroxylation sites is 1. The van der Waals surface area contributed by atoms with E-state index in [1.54, 1.807) is 0 Å². The van der Waals surface area contributed by atoms with Crippen molar-refractivity contribution in [3.05, 3.63) is 52.7 Å². The molecule has 0 bridgehead atoms. The Morgan fingerprint density at radius 1 is 1.25 bits per heavy atom. The lowest BCUT2D eigenvalue weighted by molar-refractivity contribution is 0.560. The number of fused-ring (bicyclic) bond motifs is 1. The number of alkyl halides is 1. The summed E-state index contributed by atoms with van der Waals surface area (Å²) in [5.74, 6) is 1.85. The van der Waals surface area contributed by atoms with Gasteiger partial charge in [0.05, 0.1) is 16.6 Å². The minimum atomic E-state index is 0.331. The van der Waals surface area contributed by atoms with Crippen LogP contribution in [0.1, 0.15) is 18.2 Å². The summed E-state index contributed by atoms with van der Waals surface area (Å²) < 4.78 is 0. The van der Waals surface area contributed by atoms with E-state index in [9.17, 15) is 0 Å². The predicted molar refractivity (Wildman–Crippen MR) is 85.1 cm³/mol. The summed E-state index contributed by atoms with van der Waals surface area (Å²) in [6.07, 6.45) is 1.11. The van der Waals surface area contributed by atoms with Crippen LogP contribution >= 0.6 is 23.2 Å². The Hall–Kier alpha value is -1.25. The summed E-state index contributed by atoms with van der Waals surface area (Å²) in [5.41, 5.74) is 3.35. The normalized spacial score (nSPS) is 17.9. The molecule has 1 atom stereocenters. The lowest BCUT2D eigenvalue weighted by atomic mass is 9.94. The lowest BCUT2D eigenvalue weighted by Gasteiger charge is -2.34. The number of halogens is 2. The molecule has 0 radical (unpaired) electrons. The smallest absolute Gasteiger partial charge is 0.133 e. The Balaban J connectivity index is 2.06. The number of hydrogen-bond donors (Lipinski definition) is 0. The molecule has 1 aliphatic rings. The third kappa shape index (κ3) is 2.50. The largest absolute Gasteiger partial charge is 0.326 e. The molecule has 1 aromatic carbocycles. The summed E-state index contributed by atoms with van der Waals surface area (Å²) in [7, 11) is 0. The first-order valence-electron chi connectivity index (χ1n) is 6.76. The molecule has 0 saturated carbocycles. The lowest BCUT2D eigenvalue weighted by Crippen LogP contribution is -2.31. The molecule has 0 fully saturated rings. The van der Waals surface area contributed by atoms with Crippen LogP contribution in [0.25, 0.3) is 0 Å². The van der Waals surface area contributed by atoms with Gasteiger partial charge >= 0.3 is 0 Å². The van der Waals surface area contributed by atoms with Crippen LogP contribution in [-0.2, 0) is 12.3 Å². The Morgan fingerprint density at radius 3 is 2.85 bits per heavy atom. The van der Waals surface area contributed by atoms with Crippen LogP contribution in [0.5, 0.6) is 0 Å². The van der Waals surface area contributed by atoms with Crippen molar-refractivity contribution in [2.75, 3.05) is 11.4 Å². The zero-order valence-corrected chi connectivity index (χ0v) is 12.8. The van der Waals surface area contributed by atoms with E-state index in [2.05, 4.69) is 41.1 Å². The number of benzene rings is 1. The maximum absolute atomic E-state index is 6.10. The van der Waals surface area contributed by atoms with Gasteiger partial charge in [-0.3, -0.25) is 0 Å². The molecule has 0 saturated heterocycles. The molecule has 1 unspecified atom stereocenters. The predicted octanol–water partition coefficient (Wildman–Crippen LogP) is 4.80. The van der Waals surface area contributed by atoms with Crippen molar-refractivity contribution in [2.24, 2.45) is 5.92 Å². The van der Waals surface area contributed by atoms with E-state index < -0.39 is 0 Å². The Bertz CT molecular complexity index is 628. The maximum Gasteiger partial charge on any atom is 0.133 e. The minimum Gasteiger partial charge on any atom is -0.326 e. The molecule has 4 heteroatoms. The Morgan fingerprint density at radius 2 is 2.05 bits per heavy atom. The van der Waals surface area contributed by atoms with Crippen LogP contribution in [-0.4, -0.2) is 11.5 Å². The van der Waals surface area contributed by atoms with Gasteiger partial charge in [-0.1, -0.05) is 36.7 Å². The summed E-state index contributed by atoms with van der Waals surface area (Å²) in [5, 5.41) is 0.627. The first-order valence-corrected chi connectivity index (χ1v) is 7.67. The SMILES string of the molecule is CC1Cc2ccccc2N(c2ccc(Cl)c(CCl)n2)C1. The molecule has 20 heavy (non-hydrogen) atoms. The Labute approximate surface area is 129 Å². The highest BCUT2D eigenvalue weighted by atomic mass is 35.5. The molecule has 2 heterocycles. The van der Waals surface area contributed by atoms with Crippen molar-refractivity contribution in [2.45, 2.75) is 19.2 Å². The van der Waals surface area contributed by atoms with Crippen LogP contribution in [0.2, 0.25) is 5.02 Å². The number of pyridine rings is 1. The average molecular weight is 307 g/mol. The molecule has 0 spiro atoms. The molecular formula is C16H16Cl2N2. The third-order valence-corrected chi connectivity index (χ3v) is 4.25. The molecule has 1 aliphatic heterocycles. The number of anilines is 2. The molecule has 2 nitrogen and oxygen atoms in total. The van der Waals surface area contributed by atoms with Gasteiger partial charge < -0.3 is 4.90 Å². The first-order chi connectivity index (χ1) is 9.69. The van der Waals surface area contributed by atoms with Gasteiger partial charge in [-0.25, -0.2) is 4.98 Å². The van der Waals surface area contributed by atoms with Gasteiger partial charge in [0.2, 0.25) is 0 Å². The quantitative estimate of drug-likeness (QED) is 0.741. The fraction of sp³-hybridized carbons (Fsp3) is 0.312. The van der Waals surface area contributed by atoms with E-state index >= 15 is 0 Å². The first kappa shape index (κ1) is 13.7. The molecule has 3 rings (SSSR count). The second kappa shape index (κ2) is 5.63. The topological polar surface area (TPSA) is 16.1 Å². The zero-order chi connectivity index (χ0) is 14.1. The molecule has 0 amide bonds. The van der Waals surface area contributed by atoms with Crippen LogP contribution in [0.4, 0.5) is 11.5 Å². The highest BCUT2D eigenvalue weighted by molar-refractivity contribution is 6.32. The van der Waals surface area contributed by atoms with Crippen molar-refractivity contribution >= 4 is 34.7 Å². The summed E-state index contributed by atoms with van der Waals surface area (Å²) >= 11 is 12.0. The van der Waals surface area contributed by atoms with Gasteiger partial charge in [0, 0.05) is 12.2 Å². The standard InChI is InChI=1S/C16H16Cl2N2/c1-11-8-12-4-2-3-5-15(12)20(10-11)16-7-6-13(18)14(9-17)19-16/h2-7,11H,8-10H2,1H3. The minimum absolute atomic E-state index is 0.331. The van der Waals surface area contributed by atoms with Crippen molar-refractivity contribution in [3.63, 3.8) is 0 Å². The molecule has 1 aromatic heterocycles. The van der Waals surface area contributed by atoms with Crippen LogP contribution in [0.15, 0.2) is 36.4 Å². The molecule has 0 N–H and O–H groups in total.